The van der Waals surface area contributed by atoms with Crippen LogP contribution in [0.2, 0.25) is 0 Å². The highest BCUT2D eigenvalue weighted by atomic mass is 32.1. The number of benzene rings is 9. The second-order valence-electron chi connectivity index (χ2n) is 16.9. The Morgan fingerprint density at radius 2 is 1.17 bits per heavy atom. The van der Waals surface area contributed by atoms with Gasteiger partial charge in [-0.05, 0) is 115 Å². The normalized spacial score (nSPS) is 13.7. The lowest BCUT2D eigenvalue weighted by Gasteiger charge is -2.29. The van der Waals surface area contributed by atoms with E-state index in [1.54, 1.807) is 0 Å². The zero-order valence-corrected chi connectivity index (χ0v) is 34.4. The van der Waals surface area contributed by atoms with Crippen LogP contribution in [0.25, 0.3) is 76.0 Å². The Labute approximate surface area is 355 Å². The number of hydrogen-bond donors (Lipinski definition) is 0. The lowest BCUT2D eigenvalue weighted by molar-refractivity contribution is 0.660. The molecule has 0 fully saturated rings. The van der Waals surface area contributed by atoms with Gasteiger partial charge in [0.1, 0.15) is 0 Å². The molecule has 2 aliphatic rings. The van der Waals surface area contributed by atoms with Crippen molar-refractivity contribution in [2.45, 2.75) is 25.7 Å². The Hall–Kier alpha value is -7.00. The number of anilines is 3. The lowest BCUT2D eigenvalue weighted by atomic mass is 9.82. The fourth-order valence-electron chi connectivity index (χ4n) is 10.1. The van der Waals surface area contributed by atoms with Gasteiger partial charge < -0.3 is 4.90 Å². The molecule has 9 aromatic carbocycles. The minimum atomic E-state index is -0.113. The number of rotatable bonds is 6. The number of thiophene rings is 1. The molecular formula is C58H41NS. The van der Waals surface area contributed by atoms with Gasteiger partial charge in [0.05, 0.1) is 5.69 Å². The van der Waals surface area contributed by atoms with E-state index in [1.165, 1.54) is 103 Å². The molecule has 0 saturated carbocycles. The molecule has 0 spiro atoms. The van der Waals surface area contributed by atoms with E-state index in [0.29, 0.717) is 0 Å². The van der Waals surface area contributed by atoms with Crippen LogP contribution in [0.5, 0.6) is 0 Å². The zero-order chi connectivity index (χ0) is 40.0. The lowest BCUT2D eigenvalue weighted by Crippen LogP contribution is -2.16. The maximum atomic E-state index is 2.50. The third-order valence-corrected chi connectivity index (χ3v) is 14.3. The van der Waals surface area contributed by atoms with Crippen molar-refractivity contribution in [1.82, 2.24) is 0 Å². The van der Waals surface area contributed by atoms with Crippen LogP contribution >= 0.6 is 11.3 Å². The van der Waals surface area contributed by atoms with E-state index in [9.17, 15) is 0 Å². The van der Waals surface area contributed by atoms with Crippen LogP contribution in [0.4, 0.5) is 17.1 Å². The highest BCUT2D eigenvalue weighted by molar-refractivity contribution is 7.26. The van der Waals surface area contributed by atoms with Gasteiger partial charge in [0.2, 0.25) is 0 Å². The summed E-state index contributed by atoms with van der Waals surface area (Å²) in [5.41, 5.74) is 19.2. The molecule has 1 heterocycles. The van der Waals surface area contributed by atoms with E-state index in [-0.39, 0.29) is 5.41 Å². The van der Waals surface area contributed by atoms with Crippen LogP contribution in [0.1, 0.15) is 41.7 Å². The van der Waals surface area contributed by atoms with E-state index in [2.05, 4.69) is 219 Å². The van der Waals surface area contributed by atoms with Gasteiger partial charge in [-0.3, -0.25) is 0 Å². The van der Waals surface area contributed by atoms with Crippen molar-refractivity contribution < 1.29 is 0 Å². The molecule has 2 heteroatoms. The molecule has 0 N–H and O–H groups in total. The van der Waals surface area contributed by atoms with Crippen LogP contribution in [0.15, 0.2) is 194 Å². The summed E-state index contributed by atoms with van der Waals surface area (Å²) in [4.78, 5) is 2.50. The van der Waals surface area contributed by atoms with Gasteiger partial charge in [0.25, 0.3) is 0 Å². The molecule has 1 nitrogen and oxygen atoms in total. The number of fused-ring (bicyclic) bond motifs is 9. The maximum absolute atomic E-state index is 2.50. The van der Waals surface area contributed by atoms with Crippen LogP contribution in [0.3, 0.4) is 0 Å². The standard InChI is InChI=1S/C58H41NS/c1-58(2)51-20-10-9-18-48(51)49-32-30-46(36-52(49)58)59(45-28-25-39(26-29-45)37-13-5-3-6-14-37)53-21-12-22-54-56(53)50-31-27-40-17-11-19-47(55(40)57(50)60-54)42-24-23-41-33-43(35-44(41)34-42)38-15-7-4-8-16-38/h3-34,36H,35H2,1-2H3. The second kappa shape index (κ2) is 13.5. The molecule has 0 bridgehead atoms. The van der Waals surface area contributed by atoms with Crippen LogP contribution in [-0.2, 0) is 11.8 Å². The summed E-state index contributed by atoms with van der Waals surface area (Å²) in [6, 6.07) is 72.1. The van der Waals surface area contributed by atoms with Crippen molar-refractivity contribution in [1.29, 1.82) is 0 Å². The summed E-state index contributed by atoms with van der Waals surface area (Å²) >= 11 is 1.92. The van der Waals surface area contributed by atoms with Gasteiger partial charge in [0, 0.05) is 42.3 Å². The van der Waals surface area contributed by atoms with E-state index < -0.39 is 0 Å². The van der Waals surface area contributed by atoms with Crippen LogP contribution in [-0.4, -0.2) is 0 Å². The average molecular weight is 784 g/mol. The molecule has 0 saturated heterocycles. The molecule has 284 valence electrons. The van der Waals surface area contributed by atoms with Crippen LogP contribution in [0, 0.1) is 0 Å². The largest absolute Gasteiger partial charge is 0.310 e. The Morgan fingerprint density at radius 1 is 0.483 bits per heavy atom. The third kappa shape index (κ3) is 5.45. The van der Waals surface area contributed by atoms with E-state index in [0.717, 1.165) is 17.8 Å². The van der Waals surface area contributed by atoms with Crippen molar-refractivity contribution >= 4 is 71.0 Å². The van der Waals surface area contributed by atoms with Gasteiger partial charge in [-0.25, -0.2) is 0 Å². The molecular weight excluding hydrogens is 743 g/mol. The predicted octanol–water partition coefficient (Wildman–Crippen LogP) is 16.4. The number of nitrogens with zero attached hydrogens (tertiary/aromatic N) is 1. The van der Waals surface area contributed by atoms with Crippen molar-refractivity contribution in [3.05, 3.63) is 222 Å². The van der Waals surface area contributed by atoms with E-state index in [1.807, 2.05) is 11.3 Å². The Balaban J connectivity index is 1.03. The topological polar surface area (TPSA) is 3.24 Å². The van der Waals surface area contributed by atoms with Gasteiger partial charge in [-0.2, -0.15) is 0 Å². The predicted molar refractivity (Wildman–Crippen MR) is 258 cm³/mol. The molecule has 0 atom stereocenters. The summed E-state index contributed by atoms with van der Waals surface area (Å²) in [7, 11) is 0. The SMILES string of the molecule is CC1(C)c2ccccc2-c2ccc(N(c3ccc(-c4ccccc4)cc3)c3cccc4sc5c(ccc6cccc(-c7ccc8c(c7)CC(c7ccccc7)=C8)c65)c34)cc21. The smallest absolute Gasteiger partial charge is 0.0554 e. The first-order chi connectivity index (χ1) is 29.5. The van der Waals surface area contributed by atoms with E-state index >= 15 is 0 Å². The Kier molecular flexibility index (Phi) is 7.89. The molecule has 1 aromatic heterocycles. The van der Waals surface area contributed by atoms with Crippen molar-refractivity contribution in [3.8, 4) is 33.4 Å². The summed E-state index contributed by atoms with van der Waals surface area (Å²) in [6.45, 7) is 4.74. The summed E-state index contributed by atoms with van der Waals surface area (Å²) in [6.07, 6.45) is 3.32. The fourth-order valence-corrected chi connectivity index (χ4v) is 11.4. The molecule has 0 aliphatic heterocycles. The summed E-state index contributed by atoms with van der Waals surface area (Å²) < 4.78 is 2.62. The third-order valence-electron chi connectivity index (χ3n) is 13.1. The fraction of sp³-hybridized carbons (Fsp3) is 0.0690. The Bertz CT molecular complexity index is 3350. The van der Waals surface area contributed by atoms with Crippen molar-refractivity contribution in [3.63, 3.8) is 0 Å². The van der Waals surface area contributed by atoms with Gasteiger partial charge in [-0.1, -0.05) is 178 Å². The van der Waals surface area contributed by atoms with Crippen LogP contribution < -0.4 is 4.90 Å². The molecule has 2 aliphatic carbocycles. The second-order valence-corrected chi connectivity index (χ2v) is 17.9. The molecule has 0 unspecified atom stereocenters. The maximum Gasteiger partial charge on any atom is 0.0554 e. The summed E-state index contributed by atoms with van der Waals surface area (Å²) in [5, 5.41) is 5.17. The van der Waals surface area contributed by atoms with Gasteiger partial charge in [-0.15, -0.1) is 11.3 Å². The molecule has 0 amide bonds. The van der Waals surface area contributed by atoms with Gasteiger partial charge >= 0.3 is 0 Å². The quantitative estimate of drug-likeness (QED) is 0.162. The van der Waals surface area contributed by atoms with Crippen molar-refractivity contribution in [2.75, 3.05) is 4.90 Å². The van der Waals surface area contributed by atoms with Crippen molar-refractivity contribution in [2.24, 2.45) is 0 Å². The minimum Gasteiger partial charge on any atom is -0.310 e. The number of hydrogen-bond acceptors (Lipinski definition) is 2. The molecule has 60 heavy (non-hydrogen) atoms. The number of allylic oxidation sites excluding steroid dienone is 1. The summed E-state index contributed by atoms with van der Waals surface area (Å²) in [5.74, 6) is 0. The molecule has 12 rings (SSSR count). The first-order valence-corrected chi connectivity index (χ1v) is 21.8. The van der Waals surface area contributed by atoms with E-state index in [4.69, 9.17) is 0 Å². The first-order valence-electron chi connectivity index (χ1n) is 21.0. The Morgan fingerprint density at radius 3 is 2.00 bits per heavy atom. The van der Waals surface area contributed by atoms with Gasteiger partial charge in [0.15, 0.2) is 0 Å². The minimum absolute atomic E-state index is 0.113. The monoisotopic (exact) mass is 783 g/mol. The highest BCUT2D eigenvalue weighted by Gasteiger charge is 2.36. The highest BCUT2D eigenvalue weighted by Crippen LogP contribution is 2.52. The molecule has 10 aromatic rings. The first kappa shape index (κ1) is 35.0. The average Bonchev–Trinajstić information content (AvgIpc) is 3.98. The zero-order valence-electron chi connectivity index (χ0n) is 33.6. The molecule has 0 radical (unpaired) electrons.